The molecule has 0 radical (unpaired) electrons. The second kappa shape index (κ2) is 6.16. The average molecular weight is 308 g/mol. The summed E-state index contributed by atoms with van der Waals surface area (Å²) in [5.74, 6) is 1.14. The van der Waals surface area contributed by atoms with Crippen LogP contribution < -0.4 is 0 Å². The summed E-state index contributed by atoms with van der Waals surface area (Å²) in [6.45, 7) is 1.90. The highest BCUT2D eigenvalue weighted by Gasteiger charge is 2.04. The number of imidazole rings is 1. The largest absolute Gasteiger partial charge is 0.330 e. The Labute approximate surface area is 117 Å². The van der Waals surface area contributed by atoms with Crippen molar-refractivity contribution >= 4 is 15.9 Å². The van der Waals surface area contributed by atoms with Gasteiger partial charge in [-0.3, -0.25) is 0 Å². The van der Waals surface area contributed by atoms with E-state index in [1.807, 2.05) is 18.5 Å². The fourth-order valence-corrected chi connectivity index (χ4v) is 2.31. The number of hydrogen-bond acceptors (Lipinski definition) is 2. The quantitative estimate of drug-likeness (QED) is 0.847. The molecule has 0 saturated carbocycles. The second-order valence-electron chi connectivity index (χ2n) is 4.65. The van der Waals surface area contributed by atoms with Crippen molar-refractivity contribution in [3.05, 3.63) is 52.5 Å². The van der Waals surface area contributed by atoms with Crippen LogP contribution >= 0.6 is 15.9 Å². The van der Waals surface area contributed by atoms with Gasteiger partial charge in [0.15, 0.2) is 0 Å². The maximum atomic E-state index is 4.43. The lowest BCUT2D eigenvalue weighted by atomic mass is 10.2. The molecule has 0 fully saturated rings. The molecule has 3 nitrogen and oxygen atoms in total. The van der Waals surface area contributed by atoms with Crippen molar-refractivity contribution in [3.63, 3.8) is 0 Å². The average Bonchev–Trinajstić information content (AvgIpc) is 2.74. The highest BCUT2D eigenvalue weighted by atomic mass is 79.9. The molecule has 0 aliphatic rings. The fraction of sp³-hybridized carbons (Fsp3) is 0.357. The van der Waals surface area contributed by atoms with Gasteiger partial charge in [-0.15, -0.1) is 0 Å². The Hall–Kier alpha value is -1.13. The Morgan fingerprint density at radius 1 is 1.33 bits per heavy atom. The summed E-state index contributed by atoms with van der Waals surface area (Å²) in [6.07, 6.45) is 4.91. The van der Waals surface area contributed by atoms with Gasteiger partial charge in [0.25, 0.3) is 0 Å². The Morgan fingerprint density at radius 3 is 2.89 bits per heavy atom. The molecule has 96 valence electrons. The molecule has 0 spiro atoms. The molecule has 2 rings (SSSR count). The monoisotopic (exact) mass is 307 g/mol. The summed E-state index contributed by atoms with van der Waals surface area (Å²) in [7, 11) is 4.17. The van der Waals surface area contributed by atoms with Gasteiger partial charge in [-0.2, -0.15) is 0 Å². The SMILES string of the molecule is CN(C)CCc1nccn1Cc1cccc(Br)c1. The molecule has 0 saturated heterocycles. The minimum absolute atomic E-state index is 0.877. The van der Waals surface area contributed by atoms with Gasteiger partial charge in [0.1, 0.15) is 5.82 Å². The first-order valence-corrected chi connectivity index (χ1v) is 6.83. The van der Waals surface area contributed by atoms with Gasteiger partial charge in [0.05, 0.1) is 0 Å². The standard InChI is InChI=1S/C14H18BrN3/c1-17(2)8-6-14-16-7-9-18(14)11-12-4-3-5-13(15)10-12/h3-5,7,9-10H,6,8,11H2,1-2H3. The Balaban J connectivity index is 2.07. The van der Waals surface area contributed by atoms with Crippen LogP contribution in [0.1, 0.15) is 11.4 Å². The zero-order chi connectivity index (χ0) is 13.0. The summed E-state index contributed by atoms with van der Waals surface area (Å²) < 4.78 is 3.33. The predicted molar refractivity (Wildman–Crippen MR) is 77.7 cm³/mol. The van der Waals surface area contributed by atoms with Crippen LogP contribution in [0.5, 0.6) is 0 Å². The molecule has 1 aromatic carbocycles. The van der Waals surface area contributed by atoms with Gasteiger partial charge < -0.3 is 9.47 Å². The molecule has 0 aliphatic heterocycles. The van der Waals surface area contributed by atoms with Crippen molar-refractivity contribution in [2.24, 2.45) is 0 Å². The zero-order valence-electron chi connectivity index (χ0n) is 10.8. The van der Waals surface area contributed by atoms with Crippen LogP contribution in [0.2, 0.25) is 0 Å². The van der Waals surface area contributed by atoms with E-state index < -0.39 is 0 Å². The summed E-state index contributed by atoms with van der Waals surface area (Å²) in [4.78, 5) is 6.61. The Kier molecular flexibility index (Phi) is 4.55. The minimum Gasteiger partial charge on any atom is -0.330 e. The van der Waals surface area contributed by atoms with Crippen LogP contribution in [-0.4, -0.2) is 35.1 Å². The molecule has 0 atom stereocenters. The number of nitrogens with zero attached hydrogens (tertiary/aromatic N) is 3. The van der Waals surface area contributed by atoms with Crippen LogP contribution in [-0.2, 0) is 13.0 Å². The fourth-order valence-electron chi connectivity index (χ4n) is 1.87. The van der Waals surface area contributed by atoms with Crippen molar-refractivity contribution in [2.45, 2.75) is 13.0 Å². The molecule has 1 heterocycles. The third kappa shape index (κ3) is 3.68. The molecule has 18 heavy (non-hydrogen) atoms. The molecule has 0 unspecified atom stereocenters. The van der Waals surface area contributed by atoms with Crippen LogP contribution in [0.25, 0.3) is 0 Å². The number of likely N-dealkylation sites (N-methyl/N-ethyl adjacent to an activating group) is 1. The van der Waals surface area contributed by atoms with E-state index in [1.165, 1.54) is 5.56 Å². The molecule has 0 bridgehead atoms. The van der Waals surface area contributed by atoms with E-state index in [2.05, 4.69) is 62.7 Å². The molecule has 0 N–H and O–H groups in total. The van der Waals surface area contributed by atoms with Crippen LogP contribution in [0, 0.1) is 0 Å². The lowest BCUT2D eigenvalue weighted by Crippen LogP contribution is -2.17. The third-order valence-electron chi connectivity index (χ3n) is 2.83. The molecule has 0 amide bonds. The lowest BCUT2D eigenvalue weighted by molar-refractivity contribution is 0.406. The molecular weight excluding hydrogens is 290 g/mol. The lowest BCUT2D eigenvalue weighted by Gasteiger charge is -2.11. The van der Waals surface area contributed by atoms with E-state index in [1.54, 1.807) is 0 Å². The highest BCUT2D eigenvalue weighted by Crippen LogP contribution is 2.13. The number of benzene rings is 1. The van der Waals surface area contributed by atoms with E-state index >= 15 is 0 Å². The first-order valence-electron chi connectivity index (χ1n) is 6.04. The first-order chi connectivity index (χ1) is 8.65. The molecular formula is C14H18BrN3. The number of rotatable bonds is 5. The maximum Gasteiger partial charge on any atom is 0.110 e. The van der Waals surface area contributed by atoms with Crippen molar-refractivity contribution in [3.8, 4) is 0 Å². The molecule has 4 heteroatoms. The smallest absolute Gasteiger partial charge is 0.110 e. The van der Waals surface area contributed by atoms with E-state index in [9.17, 15) is 0 Å². The van der Waals surface area contributed by atoms with Gasteiger partial charge in [0.2, 0.25) is 0 Å². The van der Waals surface area contributed by atoms with E-state index in [0.717, 1.165) is 29.8 Å². The first kappa shape index (κ1) is 13.3. The van der Waals surface area contributed by atoms with Crippen molar-refractivity contribution in [1.29, 1.82) is 0 Å². The van der Waals surface area contributed by atoms with Gasteiger partial charge in [-0.25, -0.2) is 4.98 Å². The summed E-state index contributed by atoms with van der Waals surface area (Å²) >= 11 is 3.50. The summed E-state index contributed by atoms with van der Waals surface area (Å²) in [6, 6.07) is 8.40. The maximum absolute atomic E-state index is 4.43. The minimum atomic E-state index is 0.877. The third-order valence-corrected chi connectivity index (χ3v) is 3.32. The number of aromatic nitrogens is 2. The topological polar surface area (TPSA) is 21.1 Å². The second-order valence-corrected chi connectivity index (χ2v) is 5.57. The normalized spacial score (nSPS) is 11.1. The number of hydrogen-bond donors (Lipinski definition) is 0. The van der Waals surface area contributed by atoms with Crippen LogP contribution in [0.3, 0.4) is 0 Å². The predicted octanol–water partition coefficient (Wildman–Crippen LogP) is 2.80. The molecule has 0 aliphatic carbocycles. The Morgan fingerprint density at radius 2 is 2.17 bits per heavy atom. The van der Waals surface area contributed by atoms with Gasteiger partial charge in [0, 0.05) is 36.4 Å². The zero-order valence-corrected chi connectivity index (χ0v) is 12.4. The van der Waals surface area contributed by atoms with E-state index in [4.69, 9.17) is 0 Å². The number of halogens is 1. The van der Waals surface area contributed by atoms with Gasteiger partial charge in [-0.05, 0) is 31.8 Å². The van der Waals surface area contributed by atoms with Crippen molar-refractivity contribution < 1.29 is 0 Å². The molecule has 1 aromatic heterocycles. The van der Waals surface area contributed by atoms with Crippen LogP contribution in [0.4, 0.5) is 0 Å². The van der Waals surface area contributed by atoms with Crippen molar-refractivity contribution in [1.82, 2.24) is 14.5 Å². The van der Waals surface area contributed by atoms with E-state index in [-0.39, 0.29) is 0 Å². The van der Waals surface area contributed by atoms with Crippen LogP contribution in [0.15, 0.2) is 41.1 Å². The van der Waals surface area contributed by atoms with Gasteiger partial charge >= 0.3 is 0 Å². The highest BCUT2D eigenvalue weighted by molar-refractivity contribution is 9.10. The molecule has 2 aromatic rings. The van der Waals surface area contributed by atoms with Gasteiger partial charge in [-0.1, -0.05) is 28.1 Å². The van der Waals surface area contributed by atoms with E-state index in [0.29, 0.717) is 0 Å². The Bertz CT molecular complexity index is 505. The summed E-state index contributed by atoms with van der Waals surface area (Å²) in [5.41, 5.74) is 1.29. The summed E-state index contributed by atoms with van der Waals surface area (Å²) in [5, 5.41) is 0. The van der Waals surface area contributed by atoms with Crippen molar-refractivity contribution in [2.75, 3.05) is 20.6 Å².